The highest BCUT2D eigenvalue weighted by Crippen LogP contribution is 2.52. The zero-order chi connectivity index (χ0) is 24.1. The van der Waals surface area contributed by atoms with Crippen LogP contribution in [0.5, 0.6) is 0 Å². The van der Waals surface area contributed by atoms with Gasteiger partial charge in [-0.1, -0.05) is 11.6 Å². The topological polar surface area (TPSA) is 118 Å². The molecule has 2 amide bonds. The van der Waals surface area contributed by atoms with Crippen LogP contribution in [0.1, 0.15) is 35.2 Å². The van der Waals surface area contributed by atoms with Crippen molar-refractivity contribution >= 4 is 34.9 Å². The third-order valence-electron chi connectivity index (χ3n) is 6.84. The number of likely N-dealkylation sites (N-methyl/N-ethyl adjacent to an activating group) is 1. The average molecular weight is 475 g/mol. The van der Waals surface area contributed by atoms with Gasteiger partial charge in [0, 0.05) is 60.7 Å². The van der Waals surface area contributed by atoms with Crippen LogP contribution in [0.15, 0.2) is 18.3 Å². The molecule has 176 valence electrons. The first-order chi connectivity index (χ1) is 15.6. The summed E-state index contributed by atoms with van der Waals surface area (Å²) in [6, 6.07) is 3.21. The molecule has 1 fully saturated rings. The summed E-state index contributed by atoms with van der Waals surface area (Å²) in [6.07, 6.45) is 4.02. The van der Waals surface area contributed by atoms with Crippen molar-refractivity contribution in [2.24, 2.45) is 5.73 Å². The van der Waals surface area contributed by atoms with Crippen LogP contribution in [0.2, 0.25) is 5.02 Å². The Bertz CT molecular complexity index is 1140. The van der Waals surface area contributed by atoms with E-state index in [-0.39, 0.29) is 40.7 Å². The normalized spacial score (nSPS) is 21.3. The Hall–Kier alpha value is -2.91. The molecule has 2 atom stereocenters. The van der Waals surface area contributed by atoms with Gasteiger partial charge in [0.15, 0.2) is 0 Å². The van der Waals surface area contributed by atoms with Crippen LogP contribution in [0.25, 0.3) is 11.1 Å². The fourth-order valence-electron chi connectivity index (χ4n) is 5.11. The largest absolute Gasteiger partial charge is 0.398 e. The minimum Gasteiger partial charge on any atom is -0.398 e. The molecule has 1 spiro atoms. The number of aromatic nitrogens is 1. The van der Waals surface area contributed by atoms with Gasteiger partial charge in [-0.25, -0.2) is 9.37 Å². The van der Waals surface area contributed by atoms with Crippen LogP contribution in [0.4, 0.5) is 15.9 Å². The predicted molar refractivity (Wildman–Crippen MR) is 127 cm³/mol. The molecule has 2 aliphatic rings. The van der Waals surface area contributed by atoms with Gasteiger partial charge in [-0.05, 0) is 38.4 Å². The Morgan fingerprint density at radius 1 is 1.30 bits per heavy atom. The number of nitrogens with two attached hydrogens (primary N) is 2. The molecule has 1 aliphatic heterocycles. The van der Waals surface area contributed by atoms with E-state index in [0.29, 0.717) is 22.9 Å². The molecule has 8 nitrogen and oxygen atoms in total. The number of nitrogens with one attached hydrogen (secondary N) is 1. The van der Waals surface area contributed by atoms with Crippen LogP contribution in [0.3, 0.4) is 0 Å². The highest BCUT2D eigenvalue weighted by molar-refractivity contribution is 6.34. The maximum atomic E-state index is 15.5. The van der Waals surface area contributed by atoms with Gasteiger partial charge in [0.25, 0.3) is 5.91 Å². The van der Waals surface area contributed by atoms with Crippen molar-refractivity contribution in [1.29, 1.82) is 0 Å². The zero-order valence-electron chi connectivity index (χ0n) is 18.9. The number of amides is 2. The van der Waals surface area contributed by atoms with Gasteiger partial charge in [0.1, 0.15) is 11.6 Å². The van der Waals surface area contributed by atoms with Gasteiger partial charge in [-0.3, -0.25) is 14.5 Å². The molecular weight excluding hydrogens is 447 g/mol. The van der Waals surface area contributed by atoms with Crippen molar-refractivity contribution in [3.63, 3.8) is 0 Å². The molecule has 1 saturated carbocycles. The first-order valence-corrected chi connectivity index (χ1v) is 11.1. The van der Waals surface area contributed by atoms with Gasteiger partial charge in [0.2, 0.25) is 5.91 Å². The van der Waals surface area contributed by atoms with Crippen LogP contribution in [0, 0.1) is 5.82 Å². The third-order valence-corrected chi connectivity index (χ3v) is 7.23. The number of rotatable bonds is 5. The minimum absolute atomic E-state index is 0.0643. The Kier molecular flexibility index (Phi) is 5.96. The molecule has 2 unspecified atom stereocenters. The van der Waals surface area contributed by atoms with Crippen molar-refractivity contribution < 1.29 is 14.0 Å². The predicted octanol–water partition coefficient (Wildman–Crippen LogP) is 2.46. The lowest BCUT2D eigenvalue weighted by Gasteiger charge is -2.28. The van der Waals surface area contributed by atoms with Crippen molar-refractivity contribution in [3.8, 4) is 11.1 Å². The van der Waals surface area contributed by atoms with Crippen LogP contribution >= 0.6 is 11.6 Å². The van der Waals surface area contributed by atoms with Crippen LogP contribution < -0.4 is 16.8 Å². The van der Waals surface area contributed by atoms with E-state index in [4.69, 9.17) is 23.1 Å². The quantitative estimate of drug-likeness (QED) is 0.573. The van der Waals surface area contributed by atoms with E-state index in [1.807, 2.05) is 11.9 Å². The molecule has 0 radical (unpaired) electrons. The van der Waals surface area contributed by atoms with Crippen molar-refractivity contribution in [2.45, 2.75) is 30.7 Å². The Labute approximate surface area is 197 Å². The number of fused-ring (bicyclic) bond motifs is 2. The van der Waals surface area contributed by atoms with E-state index < -0.39 is 11.7 Å². The van der Waals surface area contributed by atoms with E-state index in [0.717, 1.165) is 24.8 Å². The number of primary amides is 1. The molecule has 2 aromatic rings. The average Bonchev–Trinajstić information content (AvgIpc) is 3.33. The highest BCUT2D eigenvalue weighted by Gasteiger charge is 2.48. The van der Waals surface area contributed by atoms with E-state index in [2.05, 4.69) is 10.3 Å². The molecule has 1 aromatic carbocycles. The monoisotopic (exact) mass is 474 g/mol. The maximum Gasteiger partial charge on any atom is 0.258 e. The zero-order valence-corrected chi connectivity index (χ0v) is 19.7. The lowest BCUT2D eigenvalue weighted by atomic mass is 9.80. The number of hydrogen-bond donors (Lipinski definition) is 3. The van der Waals surface area contributed by atoms with E-state index >= 15 is 4.39 Å². The Morgan fingerprint density at radius 3 is 2.70 bits per heavy atom. The second kappa shape index (κ2) is 8.46. The molecule has 2 heterocycles. The summed E-state index contributed by atoms with van der Waals surface area (Å²) in [7, 11) is 4.97. The second-order valence-corrected chi connectivity index (χ2v) is 9.59. The fraction of sp³-hybridized carbons (Fsp3) is 0.435. The smallest absolute Gasteiger partial charge is 0.258 e. The number of anilines is 2. The summed E-state index contributed by atoms with van der Waals surface area (Å²) in [5.41, 5.74) is 12.3. The van der Waals surface area contributed by atoms with Crippen LogP contribution in [-0.4, -0.2) is 66.9 Å². The summed E-state index contributed by atoms with van der Waals surface area (Å²) in [5.74, 6) is -0.927. The van der Waals surface area contributed by atoms with E-state index in [1.54, 1.807) is 14.1 Å². The molecule has 10 heteroatoms. The Morgan fingerprint density at radius 2 is 2.03 bits per heavy atom. The van der Waals surface area contributed by atoms with Crippen molar-refractivity contribution in [1.82, 2.24) is 14.8 Å². The Balaban J connectivity index is 1.76. The number of benzene rings is 1. The summed E-state index contributed by atoms with van der Waals surface area (Å²) in [4.78, 5) is 31.7. The molecule has 5 N–H and O–H groups in total. The number of halogens is 2. The van der Waals surface area contributed by atoms with Crippen LogP contribution in [-0.2, 0) is 10.2 Å². The lowest BCUT2D eigenvalue weighted by molar-refractivity contribution is -0.119. The van der Waals surface area contributed by atoms with Gasteiger partial charge >= 0.3 is 0 Å². The molecule has 1 aliphatic carbocycles. The maximum absolute atomic E-state index is 15.5. The number of carbonyl (C=O) groups is 2. The molecule has 0 bridgehead atoms. The van der Waals surface area contributed by atoms with Gasteiger partial charge < -0.3 is 21.7 Å². The standard InChI is InChI=1S/C23H28ClFN6O2/c1-30(2)22(33)17-15(26)5-4-13(20(17)25)14-9-28-21-18(19(14)24)23(11-29-21)7-6-12(8-23)31(3)10-16(27)32/h4-5,9,12H,6-8,10-11,26H2,1-3H3,(H2,27,32)(H,28,29). The van der Waals surface area contributed by atoms with E-state index in [1.165, 1.54) is 23.2 Å². The molecule has 1 aromatic heterocycles. The molecular formula is C23H28ClFN6O2. The molecule has 0 saturated heterocycles. The highest BCUT2D eigenvalue weighted by atomic mass is 35.5. The van der Waals surface area contributed by atoms with Gasteiger partial charge in [0.05, 0.1) is 17.1 Å². The second-order valence-electron chi connectivity index (χ2n) is 9.21. The number of pyridine rings is 1. The molecule has 33 heavy (non-hydrogen) atoms. The lowest BCUT2D eigenvalue weighted by Crippen LogP contribution is -2.38. The molecule has 4 rings (SSSR count). The number of hydrogen-bond acceptors (Lipinski definition) is 6. The minimum atomic E-state index is -0.720. The third kappa shape index (κ3) is 3.89. The first-order valence-electron chi connectivity index (χ1n) is 10.8. The number of nitrogen functional groups attached to an aromatic ring is 1. The summed E-state index contributed by atoms with van der Waals surface area (Å²) in [5, 5.41) is 3.75. The first kappa shape index (κ1) is 23.3. The van der Waals surface area contributed by atoms with Crippen molar-refractivity contribution in [2.75, 3.05) is 45.3 Å². The number of carbonyl (C=O) groups excluding carboxylic acids is 2. The number of nitrogens with zero attached hydrogens (tertiary/aromatic N) is 3. The fourth-order valence-corrected chi connectivity index (χ4v) is 5.55. The SMILES string of the molecule is CN(C)C(=O)c1c(N)ccc(-c2cnc3c(c2Cl)C2(CCC(N(C)CC(N)=O)C2)CN3)c1F. The summed E-state index contributed by atoms with van der Waals surface area (Å²) in [6.45, 7) is 0.848. The van der Waals surface area contributed by atoms with Crippen molar-refractivity contribution in [3.05, 3.63) is 40.3 Å². The summed E-state index contributed by atoms with van der Waals surface area (Å²) >= 11 is 6.92. The van der Waals surface area contributed by atoms with Gasteiger partial charge in [-0.15, -0.1) is 0 Å². The van der Waals surface area contributed by atoms with E-state index in [9.17, 15) is 9.59 Å². The van der Waals surface area contributed by atoms with Gasteiger partial charge in [-0.2, -0.15) is 0 Å². The summed E-state index contributed by atoms with van der Waals surface area (Å²) < 4.78 is 15.5.